The largest absolute Gasteiger partial charge is 0.465 e. The van der Waals surface area contributed by atoms with Gasteiger partial charge in [0.2, 0.25) is 5.89 Å². The van der Waals surface area contributed by atoms with Crippen molar-refractivity contribution in [2.45, 2.75) is 30.9 Å². The Morgan fingerprint density at radius 2 is 2.00 bits per heavy atom. The van der Waals surface area contributed by atoms with Crippen molar-refractivity contribution in [3.05, 3.63) is 41.3 Å². The Balaban J connectivity index is 1.93. The highest BCUT2D eigenvalue weighted by molar-refractivity contribution is 8.00. The van der Waals surface area contributed by atoms with Gasteiger partial charge in [0.25, 0.3) is 11.1 Å². The standard InChI is InChI=1S/C15H15F2N3O4S/c1-3-23-14(22)8(2)25-15-20-19-11(24-15)7-18-13(21)12-9(16)5-4-6-10(12)17/h4-6,8H,3,7H2,1-2H3,(H,18,21)/t8-/m1/s1. The van der Waals surface area contributed by atoms with E-state index in [1.54, 1.807) is 13.8 Å². The molecular weight excluding hydrogens is 356 g/mol. The molecule has 1 amide bonds. The Morgan fingerprint density at radius 1 is 1.32 bits per heavy atom. The summed E-state index contributed by atoms with van der Waals surface area (Å²) in [5.41, 5.74) is -0.687. The van der Waals surface area contributed by atoms with Crippen molar-refractivity contribution in [2.75, 3.05) is 6.61 Å². The second-order valence-corrected chi connectivity index (χ2v) is 6.05. The Labute approximate surface area is 146 Å². The number of halogens is 2. The van der Waals surface area contributed by atoms with Crippen LogP contribution in [0.1, 0.15) is 30.1 Å². The molecular formula is C15H15F2N3O4S. The fraction of sp³-hybridized carbons (Fsp3) is 0.333. The molecule has 10 heteroatoms. The van der Waals surface area contributed by atoms with E-state index in [0.29, 0.717) is 0 Å². The molecule has 1 heterocycles. The summed E-state index contributed by atoms with van der Waals surface area (Å²) in [6, 6.07) is 3.13. The van der Waals surface area contributed by atoms with Crippen LogP contribution < -0.4 is 5.32 Å². The molecule has 0 spiro atoms. The third kappa shape index (κ3) is 4.99. The van der Waals surface area contributed by atoms with Gasteiger partial charge in [-0.15, -0.1) is 10.2 Å². The summed E-state index contributed by atoms with van der Waals surface area (Å²) in [4.78, 5) is 23.4. The number of hydrogen-bond donors (Lipinski definition) is 1. The number of benzene rings is 1. The quantitative estimate of drug-likeness (QED) is 0.589. The van der Waals surface area contributed by atoms with Crippen LogP contribution >= 0.6 is 11.8 Å². The van der Waals surface area contributed by atoms with E-state index < -0.39 is 34.3 Å². The fourth-order valence-corrected chi connectivity index (χ4v) is 2.47. The maximum atomic E-state index is 13.5. The number of esters is 1. The van der Waals surface area contributed by atoms with Gasteiger partial charge < -0.3 is 14.5 Å². The van der Waals surface area contributed by atoms with E-state index in [1.165, 1.54) is 0 Å². The smallest absolute Gasteiger partial charge is 0.319 e. The summed E-state index contributed by atoms with van der Waals surface area (Å²) < 4.78 is 37.1. The minimum atomic E-state index is -0.970. The molecule has 0 unspecified atom stereocenters. The summed E-state index contributed by atoms with van der Waals surface area (Å²) in [5, 5.41) is 9.27. The van der Waals surface area contributed by atoms with Gasteiger partial charge in [0, 0.05) is 0 Å². The lowest BCUT2D eigenvalue weighted by molar-refractivity contribution is -0.142. The summed E-state index contributed by atoms with van der Waals surface area (Å²) in [7, 11) is 0. The highest BCUT2D eigenvalue weighted by Gasteiger charge is 2.20. The van der Waals surface area contributed by atoms with Crippen LogP contribution in [-0.4, -0.2) is 33.9 Å². The molecule has 7 nitrogen and oxygen atoms in total. The molecule has 0 aliphatic carbocycles. The van der Waals surface area contributed by atoms with E-state index in [9.17, 15) is 18.4 Å². The molecule has 134 valence electrons. The predicted molar refractivity (Wildman–Crippen MR) is 83.8 cm³/mol. The lowest BCUT2D eigenvalue weighted by atomic mass is 10.2. The SMILES string of the molecule is CCOC(=O)[C@@H](C)Sc1nnc(CNC(=O)c2c(F)cccc2F)o1. The van der Waals surface area contributed by atoms with Crippen LogP contribution in [0.5, 0.6) is 0 Å². The molecule has 0 bridgehead atoms. The van der Waals surface area contributed by atoms with E-state index in [0.717, 1.165) is 30.0 Å². The number of amides is 1. The van der Waals surface area contributed by atoms with Crippen molar-refractivity contribution >= 4 is 23.6 Å². The van der Waals surface area contributed by atoms with Gasteiger partial charge in [0.15, 0.2) is 0 Å². The van der Waals surface area contributed by atoms with Crippen LogP contribution in [0.4, 0.5) is 8.78 Å². The van der Waals surface area contributed by atoms with Gasteiger partial charge >= 0.3 is 5.97 Å². The number of nitrogens with one attached hydrogen (secondary N) is 1. The molecule has 2 rings (SSSR count). The first kappa shape index (κ1) is 18.8. The summed E-state index contributed by atoms with van der Waals surface area (Å²) in [5.74, 6) is -3.27. The number of thioether (sulfide) groups is 1. The molecule has 0 radical (unpaired) electrons. The van der Waals surface area contributed by atoms with Crippen LogP contribution in [0.3, 0.4) is 0 Å². The third-order valence-electron chi connectivity index (χ3n) is 2.93. The summed E-state index contributed by atoms with van der Waals surface area (Å²) >= 11 is 1.00. The Kier molecular flexibility index (Phi) is 6.45. The maximum Gasteiger partial charge on any atom is 0.319 e. The third-order valence-corrected chi connectivity index (χ3v) is 3.85. The van der Waals surface area contributed by atoms with Crippen molar-refractivity contribution in [1.29, 1.82) is 0 Å². The van der Waals surface area contributed by atoms with Crippen molar-refractivity contribution in [3.8, 4) is 0 Å². The molecule has 0 aliphatic heterocycles. The van der Waals surface area contributed by atoms with Gasteiger partial charge in [0.1, 0.15) is 22.4 Å². The molecule has 0 saturated carbocycles. The van der Waals surface area contributed by atoms with E-state index >= 15 is 0 Å². The monoisotopic (exact) mass is 371 g/mol. The average Bonchev–Trinajstić information content (AvgIpc) is 3.00. The first-order valence-electron chi connectivity index (χ1n) is 7.30. The minimum absolute atomic E-state index is 0.0312. The summed E-state index contributed by atoms with van der Waals surface area (Å²) in [6.07, 6.45) is 0. The zero-order valence-corrected chi connectivity index (χ0v) is 14.2. The van der Waals surface area contributed by atoms with Crippen molar-refractivity contribution < 1.29 is 27.5 Å². The van der Waals surface area contributed by atoms with Gasteiger partial charge in [0.05, 0.1) is 13.2 Å². The molecule has 2 aromatic rings. The number of aromatic nitrogens is 2. The second kappa shape index (κ2) is 8.56. The fourth-order valence-electron chi connectivity index (χ4n) is 1.78. The maximum absolute atomic E-state index is 13.5. The Bertz CT molecular complexity index is 749. The van der Waals surface area contributed by atoms with E-state index in [-0.39, 0.29) is 24.3 Å². The van der Waals surface area contributed by atoms with Crippen molar-refractivity contribution in [1.82, 2.24) is 15.5 Å². The van der Waals surface area contributed by atoms with Gasteiger partial charge in [-0.05, 0) is 26.0 Å². The van der Waals surface area contributed by atoms with Gasteiger partial charge in [-0.1, -0.05) is 17.8 Å². The number of hydrogen-bond acceptors (Lipinski definition) is 7. The lowest BCUT2D eigenvalue weighted by Gasteiger charge is -2.06. The molecule has 0 fully saturated rings. The first-order valence-corrected chi connectivity index (χ1v) is 8.18. The van der Waals surface area contributed by atoms with Crippen LogP contribution in [0.15, 0.2) is 27.8 Å². The number of carbonyl (C=O) groups excluding carboxylic acids is 2. The van der Waals surface area contributed by atoms with E-state index in [4.69, 9.17) is 9.15 Å². The molecule has 0 aliphatic rings. The normalized spacial score (nSPS) is 11.8. The topological polar surface area (TPSA) is 94.3 Å². The number of ether oxygens (including phenoxy) is 1. The van der Waals surface area contributed by atoms with E-state index in [2.05, 4.69) is 15.5 Å². The van der Waals surface area contributed by atoms with Gasteiger partial charge in [-0.25, -0.2) is 8.78 Å². The predicted octanol–water partition coefficient (Wildman–Crippen LogP) is 2.32. The molecule has 25 heavy (non-hydrogen) atoms. The van der Waals surface area contributed by atoms with E-state index in [1.807, 2.05) is 0 Å². The molecule has 0 saturated heterocycles. The Morgan fingerprint density at radius 3 is 2.64 bits per heavy atom. The summed E-state index contributed by atoms with van der Waals surface area (Å²) in [6.45, 7) is 3.36. The number of nitrogens with zero attached hydrogens (tertiary/aromatic N) is 2. The minimum Gasteiger partial charge on any atom is -0.465 e. The number of rotatable bonds is 7. The zero-order valence-electron chi connectivity index (χ0n) is 13.4. The first-order chi connectivity index (χ1) is 11.9. The van der Waals surface area contributed by atoms with Crippen molar-refractivity contribution in [3.63, 3.8) is 0 Å². The van der Waals surface area contributed by atoms with Crippen molar-refractivity contribution in [2.24, 2.45) is 0 Å². The van der Waals surface area contributed by atoms with Gasteiger partial charge in [-0.2, -0.15) is 0 Å². The highest BCUT2D eigenvalue weighted by atomic mass is 32.2. The molecule has 1 N–H and O–H groups in total. The van der Waals surface area contributed by atoms with Gasteiger partial charge in [-0.3, -0.25) is 9.59 Å². The highest BCUT2D eigenvalue weighted by Crippen LogP contribution is 2.22. The van der Waals surface area contributed by atoms with Crippen LogP contribution in [-0.2, 0) is 16.1 Å². The van der Waals surface area contributed by atoms with Crippen LogP contribution in [0.2, 0.25) is 0 Å². The van der Waals surface area contributed by atoms with Crippen LogP contribution in [0.25, 0.3) is 0 Å². The second-order valence-electron chi connectivity index (χ2n) is 4.75. The molecule has 1 atom stereocenters. The molecule has 1 aromatic carbocycles. The van der Waals surface area contributed by atoms with Crippen LogP contribution in [0, 0.1) is 11.6 Å². The Hall–Kier alpha value is -2.49. The lowest BCUT2D eigenvalue weighted by Crippen LogP contribution is -2.25. The molecule has 1 aromatic heterocycles. The number of carbonyl (C=O) groups is 2. The zero-order chi connectivity index (χ0) is 18.4. The average molecular weight is 371 g/mol.